The first kappa shape index (κ1) is 12.4. The second-order valence-electron chi connectivity index (χ2n) is 3.45. The molecule has 0 aliphatic heterocycles. The molecule has 0 unspecified atom stereocenters. The highest BCUT2D eigenvalue weighted by Gasteiger charge is 2.05. The van der Waals surface area contributed by atoms with Crippen LogP contribution in [0.25, 0.3) is 0 Å². The van der Waals surface area contributed by atoms with Gasteiger partial charge in [-0.1, -0.05) is 26.7 Å². The highest BCUT2D eigenvalue weighted by molar-refractivity contribution is 5.75. The lowest BCUT2D eigenvalue weighted by atomic mass is 10.2. The molecular formula is C10H22N2O. The average molecular weight is 186 g/mol. The van der Waals surface area contributed by atoms with Gasteiger partial charge in [-0.2, -0.15) is 0 Å². The molecule has 0 fully saturated rings. The third kappa shape index (κ3) is 7.78. The van der Waals surface area contributed by atoms with E-state index in [1.165, 1.54) is 19.3 Å². The van der Waals surface area contributed by atoms with Crippen molar-refractivity contribution in [3.05, 3.63) is 0 Å². The van der Waals surface area contributed by atoms with Gasteiger partial charge in [0.1, 0.15) is 0 Å². The van der Waals surface area contributed by atoms with E-state index in [2.05, 4.69) is 18.7 Å². The Morgan fingerprint density at radius 3 is 2.31 bits per heavy atom. The number of primary amides is 1. The van der Waals surface area contributed by atoms with E-state index >= 15 is 0 Å². The third-order valence-corrected chi connectivity index (χ3v) is 2.00. The number of hydrogen-bond acceptors (Lipinski definition) is 2. The van der Waals surface area contributed by atoms with Crippen LogP contribution in [-0.4, -0.2) is 30.4 Å². The highest BCUT2D eigenvalue weighted by Crippen LogP contribution is 1.98. The summed E-state index contributed by atoms with van der Waals surface area (Å²) in [5.41, 5.74) is 5.15. The van der Waals surface area contributed by atoms with Gasteiger partial charge >= 0.3 is 0 Å². The molecule has 0 rings (SSSR count). The minimum atomic E-state index is -0.218. The molecule has 0 radical (unpaired) electrons. The molecule has 2 N–H and O–H groups in total. The summed E-state index contributed by atoms with van der Waals surface area (Å²) < 4.78 is 0. The van der Waals surface area contributed by atoms with Crippen LogP contribution < -0.4 is 5.73 Å². The van der Waals surface area contributed by atoms with Gasteiger partial charge < -0.3 is 5.73 Å². The summed E-state index contributed by atoms with van der Waals surface area (Å²) in [6, 6.07) is 0. The van der Waals surface area contributed by atoms with E-state index in [1.807, 2.05) is 0 Å². The molecule has 0 aromatic rings. The standard InChI is InChI=1S/C10H22N2O/c1-3-5-6-8-12(7-4-2)9-10(11)13/h3-9H2,1-2H3,(H2,11,13). The van der Waals surface area contributed by atoms with Crippen molar-refractivity contribution in [2.24, 2.45) is 5.73 Å². The Bertz CT molecular complexity index is 137. The van der Waals surface area contributed by atoms with E-state index in [4.69, 9.17) is 5.73 Å². The number of carbonyl (C=O) groups excluding carboxylic acids is 1. The Kier molecular flexibility index (Phi) is 7.69. The molecule has 0 aliphatic rings. The summed E-state index contributed by atoms with van der Waals surface area (Å²) in [6.45, 7) is 6.70. The number of nitrogens with two attached hydrogens (primary N) is 1. The van der Waals surface area contributed by atoms with E-state index in [0.29, 0.717) is 6.54 Å². The van der Waals surface area contributed by atoms with E-state index in [9.17, 15) is 4.79 Å². The number of hydrogen-bond donors (Lipinski definition) is 1. The Hall–Kier alpha value is -0.570. The van der Waals surface area contributed by atoms with Crippen LogP contribution in [0, 0.1) is 0 Å². The molecule has 0 saturated carbocycles. The molecule has 0 aliphatic carbocycles. The number of nitrogens with zero attached hydrogens (tertiary/aromatic N) is 1. The summed E-state index contributed by atoms with van der Waals surface area (Å²) in [6.07, 6.45) is 4.71. The molecule has 0 aromatic heterocycles. The predicted molar refractivity (Wildman–Crippen MR) is 55.5 cm³/mol. The van der Waals surface area contributed by atoms with Gasteiger partial charge in [0.05, 0.1) is 6.54 Å². The fourth-order valence-corrected chi connectivity index (χ4v) is 1.39. The molecule has 0 aromatic carbocycles. The average Bonchev–Trinajstić information content (AvgIpc) is 2.04. The lowest BCUT2D eigenvalue weighted by molar-refractivity contribution is -0.119. The van der Waals surface area contributed by atoms with Crippen LogP contribution >= 0.6 is 0 Å². The molecule has 13 heavy (non-hydrogen) atoms. The van der Waals surface area contributed by atoms with Crippen LogP contribution in [0.15, 0.2) is 0 Å². The Labute approximate surface area is 81.3 Å². The molecule has 0 saturated heterocycles. The second kappa shape index (κ2) is 8.05. The lowest BCUT2D eigenvalue weighted by Crippen LogP contribution is -2.35. The van der Waals surface area contributed by atoms with Crippen molar-refractivity contribution in [1.29, 1.82) is 0 Å². The van der Waals surface area contributed by atoms with Crippen molar-refractivity contribution >= 4 is 5.91 Å². The zero-order valence-corrected chi connectivity index (χ0v) is 8.88. The molecule has 0 atom stereocenters. The van der Waals surface area contributed by atoms with Crippen LogP contribution in [0.2, 0.25) is 0 Å². The fourth-order valence-electron chi connectivity index (χ4n) is 1.39. The van der Waals surface area contributed by atoms with Gasteiger partial charge in [0.2, 0.25) is 5.91 Å². The maximum absolute atomic E-state index is 10.7. The first-order valence-electron chi connectivity index (χ1n) is 5.21. The van der Waals surface area contributed by atoms with Crippen molar-refractivity contribution in [1.82, 2.24) is 4.90 Å². The monoisotopic (exact) mass is 186 g/mol. The van der Waals surface area contributed by atoms with Crippen LogP contribution in [0.3, 0.4) is 0 Å². The summed E-state index contributed by atoms with van der Waals surface area (Å²) in [4.78, 5) is 12.8. The van der Waals surface area contributed by atoms with E-state index in [1.54, 1.807) is 0 Å². The quantitative estimate of drug-likeness (QED) is 0.582. The van der Waals surface area contributed by atoms with Crippen LogP contribution in [0.1, 0.15) is 39.5 Å². The van der Waals surface area contributed by atoms with Crippen molar-refractivity contribution in [3.63, 3.8) is 0 Å². The SMILES string of the molecule is CCCCCN(CCC)CC(N)=O. The Morgan fingerprint density at radius 2 is 1.85 bits per heavy atom. The Balaban J connectivity index is 3.59. The number of amides is 1. The van der Waals surface area contributed by atoms with Gasteiger partial charge in [-0.05, 0) is 25.9 Å². The highest BCUT2D eigenvalue weighted by atomic mass is 16.1. The van der Waals surface area contributed by atoms with Gasteiger partial charge in [-0.25, -0.2) is 0 Å². The zero-order valence-electron chi connectivity index (χ0n) is 8.88. The smallest absolute Gasteiger partial charge is 0.231 e. The minimum absolute atomic E-state index is 0.218. The van der Waals surface area contributed by atoms with E-state index in [0.717, 1.165) is 19.5 Å². The molecular weight excluding hydrogens is 164 g/mol. The summed E-state index contributed by atoms with van der Waals surface area (Å²) >= 11 is 0. The number of rotatable bonds is 8. The van der Waals surface area contributed by atoms with Gasteiger partial charge in [-0.3, -0.25) is 9.69 Å². The summed E-state index contributed by atoms with van der Waals surface area (Å²) in [7, 11) is 0. The fraction of sp³-hybridized carbons (Fsp3) is 0.900. The maximum atomic E-state index is 10.7. The van der Waals surface area contributed by atoms with Crippen molar-refractivity contribution in [3.8, 4) is 0 Å². The summed E-state index contributed by atoms with van der Waals surface area (Å²) in [5, 5.41) is 0. The van der Waals surface area contributed by atoms with Gasteiger partial charge in [0, 0.05) is 0 Å². The predicted octanol–water partition coefficient (Wildman–Crippen LogP) is 1.37. The van der Waals surface area contributed by atoms with Crippen molar-refractivity contribution < 1.29 is 4.79 Å². The minimum Gasteiger partial charge on any atom is -0.369 e. The molecule has 0 heterocycles. The topological polar surface area (TPSA) is 46.3 Å². The third-order valence-electron chi connectivity index (χ3n) is 2.00. The van der Waals surface area contributed by atoms with Gasteiger partial charge in [-0.15, -0.1) is 0 Å². The van der Waals surface area contributed by atoms with Gasteiger partial charge in [0.25, 0.3) is 0 Å². The first-order chi connectivity index (χ1) is 6.20. The van der Waals surface area contributed by atoms with Crippen molar-refractivity contribution in [2.75, 3.05) is 19.6 Å². The normalized spacial score (nSPS) is 10.7. The first-order valence-corrected chi connectivity index (χ1v) is 5.21. The summed E-state index contributed by atoms with van der Waals surface area (Å²) in [5.74, 6) is -0.218. The zero-order chi connectivity index (χ0) is 10.1. The van der Waals surface area contributed by atoms with E-state index in [-0.39, 0.29) is 5.91 Å². The van der Waals surface area contributed by atoms with Crippen molar-refractivity contribution in [2.45, 2.75) is 39.5 Å². The van der Waals surface area contributed by atoms with Crippen LogP contribution in [0.5, 0.6) is 0 Å². The van der Waals surface area contributed by atoms with Crippen LogP contribution in [-0.2, 0) is 4.79 Å². The second-order valence-corrected chi connectivity index (χ2v) is 3.45. The van der Waals surface area contributed by atoms with Gasteiger partial charge in [0.15, 0.2) is 0 Å². The molecule has 78 valence electrons. The molecule has 0 bridgehead atoms. The molecule has 0 spiro atoms. The van der Waals surface area contributed by atoms with E-state index < -0.39 is 0 Å². The maximum Gasteiger partial charge on any atom is 0.231 e. The number of unbranched alkanes of at least 4 members (excludes halogenated alkanes) is 2. The largest absolute Gasteiger partial charge is 0.369 e. The molecule has 1 amide bonds. The molecule has 3 heteroatoms. The number of carbonyl (C=O) groups is 1. The lowest BCUT2D eigenvalue weighted by Gasteiger charge is -2.19. The molecule has 3 nitrogen and oxygen atoms in total. The Morgan fingerprint density at radius 1 is 1.15 bits per heavy atom. The van der Waals surface area contributed by atoms with Crippen LogP contribution in [0.4, 0.5) is 0 Å².